The molecule has 0 aliphatic heterocycles. The zero-order valence-corrected chi connectivity index (χ0v) is 19.0. The van der Waals surface area contributed by atoms with E-state index in [2.05, 4.69) is 20.2 Å². The number of H-pyrrole nitrogens is 1. The number of aryl methyl sites for hydroxylation is 1. The number of benzene rings is 2. The van der Waals surface area contributed by atoms with Gasteiger partial charge in [-0.15, -0.1) is 0 Å². The second kappa shape index (κ2) is 12.1. The second-order valence-corrected chi connectivity index (χ2v) is 8.05. The molecule has 1 amide bonds. The monoisotopic (exact) mass is 448 g/mol. The van der Waals surface area contributed by atoms with Crippen molar-refractivity contribution < 1.29 is 4.79 Å². The molecule has 2 aromatic carbocycles. The molecule has 1 heterocycles. The highest BCUT2D eigenvalue weighted by molar-refractivity contribution is 6.03. The number of nitrogens with two attached hydrogens (primary N) is 2. The fourth-order valence-electron chi connectivity index (χ4n) is 3.50. The lowest BCUT2D eigenvalue weighted by molar-refractivity contribution is 0.102. The number of hydrogen-bond donors (Lipinski definition) is 4. The molecule has 6 N–H and O–H groups in total. The number of hydrogen-bond acceptors (Lipinski definition) is 6. The molecule has 0 radical (unpaired) electrons. The topological polar surface area (TPSA) is 130 Å². The van der Waals surface area contributed by atoms with E-state index in [0.717, 1.165) is 49.2 Å². The molecule has 0 spiro atoms. The highest BCUT2D eigenvalue weighted by Crippen LogP contribution is 2.17. The number of aromatic amines is 1. The summed E-state index contributed by atoms with van der Waals surface area (Å²) in [6.45, 7) is 5.93. The van der Waals surface area contributed by atoms with Gasteiger partial charge in [0.2, 0.25) is 5.95 Å². The van der Waals surface area contributed by atoms with Gasteiger partial charge in [-0.05, 0) is 69.2 Å². The molecular formula is C25H32N6O2. The number of amides is 1. The Balaban J connectivity index is 1.67. The molecule has 0 saturated carbocycles. The number of carbonyl (C=O) groups excluding carboxylic acids is 1. The molecule has 0 fully saturated rings. The number of anilines is 1. The van der Waals surface area contributed by atoms with Gasteiger partial charge in [0.25, 0.3) is 11.5 Å². The van der Waals surface area contributed by atoms with Gasteiger partial charge in [-0.1, -0.05) is 42.0 Å². The summed E-state index contributed by atoms with van der Waals surface area (Å²) < 4.78 is 0. The molecule has 0 unspecified atom stereocenters. The average Bonchev–Trinajstić information content (AvgIpc) is 2.82. The molecule has 0 atom stereocenters. The molecule has 0 aliphatic carbocycles. The van der Waals surface area contributed by atoms with Gasteiger partial charge in [0, 0.05) is 18.3 Å². The maximum absolute atomic E-state index is 12.6. The van der Waals surface area contributed by atoms with Gasteiger partial charge < -0.3 is 16.5 Å². The summed E-state index contributed by atoms with van der Waals surface area (Å²) in [5, 5.41) is 2.63. The maximum Gasteiger partial charge on any atom is 0.282 e. The van der Waals surface area contributed by atoms with Crippen molar-refractivity contribution in [2.75, 3.05) is 31.5 Å². The molecule has 3 rings (SSSR count). The minimum Gasteiger partial charge on any atom is -0.331 e. The van der Waals surface area contributed by atoms with Crippen molar-refractivity contribution in [2.24, 2.45) is 11.5 Å². The van der Waals surface area contributed by atoms with Crippen LogP contribution < -0.4 is 22.3 Å². The minimum absolute atomic E-state index is 0.112. The van der Waals surface area contributed by atoms with Crippen molar-refractivity contribution in [3.05, 3.63) is 81.8 Å². The fraction of sp³-hybridized carbons (Fsp3) is 0.320. The fourth-order valence-corrected chi connectivity index (χ4v) is 3.50. The third kappa shape index (κ3) is 7.08. The van der Waals surface area contributed by atoms with Crippen molar-refractivity contribution in [2.45, 2.75) is 26.3 Å². The van der Waals surface area contributed by atoms with Crippen LogP contribution in [0.25, 0.3) is 11.1 Å². The van der Waals surface area contributed by atoms with Crippen LogP contribution in [0.15, 0.2) is 59.5 Å². The Labute approximate surface area is 194 Å². The number of aromatic nitrogens is 2. The Hall–Kier alpha value is -3.33. The highest BCUT2D eigenvalue weighted by atomic mass is 16.2. The molecule has 1 aromatic heterocycles. The van der Waals surface area contributed by atoms with Crippen molar-refractivity contribution in [3.63, 3.8) is 0 Å². The highest BCUT2D eigenvalue weighted by Gasteiger charge is 2.11. The third-order valence-electron chi connectivity index (χ3n) is 5.37. The van der Waals surface area contributed by atoms with Gasteiger partial charge in [-0.3, -0.25) is 19.8 Å². The molecule has 0 bridgehead atoms. The summed E-state index contributed by atoms with van der Waals surface area (Å²) in [4.78, 5) is 34.2. The predicted molar refractivity (Wildman–Crippen MR) is 132 cm³/mol. The molecule has 33 heavy (non-hydrogen) atoms. The van der Waals surface area contributed by atoms with E-state index < -0.39 is 5.56 Å². The van der Waals surface area contributed by atoms with Gasteiger partial charge in [0.15, 0.2) is 0 Å². The van der Waals surface area contributed by atoms with Crippen molar-refractivity contribution >= 4 is 11.9 Å². The van der Waals surface area contributed by atoms with Crippen LogP contribution in [0, 0.1) is 6.92 Å². The molecule has 8 heteroatoms. The van der Waals surface area contributed by atoms with Crippen LogP contribution in [-0.4, -0.2) is 47.0 Å². The van der Waals surface area contributed by atoms with E-state index in [0.29, 0.717) is 24.2 Å². The summed E-state index contributed by atoms with van der Waals surface area (Å²) in [5.74, 6) is -0.217. The zero-order chi connectivity index (χ0) is 23.6. The number of rotatable bonds is 11. The normalized spacial score (nSPS) is 11.0. The lowest BCUT2D eigenvalue weighted by Gasteiger charge is -2.22. The molecule has 174 valence electrons. The van der Waals surface area contributed by atoms with E-state index in [1.807, 2.05) is 43.3 Å². The van der Waals surface area contributed by atoms with Crippen molar-refractivity contribution in [1.29, 1.82) is 0 Å². The standard InChI is InChI=1S/C25H32N6O2/c1-18-4-8-21(9-5-18)23(32)29-25-28-16-22(24(33)30-25)20-10-6-19(7-11-20)17-31(14-2-12-26)15-3-13-27/h4-11,16H,2-3,12-15,17,26-27H2,1H3,(H2,28,29,30,32,33). The second-order valence-electron chi connectivity index (χ2n) is 8.05. The molecule has 0 aliphatic rings. The van der Waals surface area contributed by atoms with Crippen LogP contribution in [0.1, 0.15) is 34.3 Å². The first-order chi connectivity index (χ1) is 16.0. The van der Waals surface area contributed by atoms with E-state index in [1.165, 1.54) is 0 Å². The first-order valence-corrected chi connectivity index (χ1v) is 11.2. The molecule has 0 saturated heterocycles. The summed E-state index contributed by atoms with van der Waals surface area (Å²) in [7, 11) is 0. The summed E-state index contributed by atoms with van der Waals surface area (Å²) in [6, 6.07) is 15.0. The Kier molecular flexibility index (Phi) is 8.88. The summed E-state index contributed by atoms with van der Waals surface area (Å²) in [5.41, 5.74) is 14.8. The van der Waals surface area contributed by atoms with Crippen LogP contribution >= 0.6 is 0 Å². The number of nitrogens with zero attached hydrogens (tertiary/aromatic N) is 2. The van der Waals surface area contributed by atoms with Gasteiger partial charge in [-0.2, -0.15) is 4.98 Å². The Morgan fingerprint density at radius 1 is 1.00 bits per heavy atom. The molecule has 3 aromatic rings. The van der Waals surface area contributed by atoms with E-state index in [4.69, 9.17) is 11.5 Å². The van der Waals surface area contributed by atoms with Crippen LogP contribution in [0.2, 0.25) is 0 Å². The predicted octanol–water partition coefficient (Wildman–Crippen LogP) is 2.50. The summed E-state index contributed by atoms with van der Waals surface area (Å²) >= 11 is 0. The maximum atomic E-state index is 12.6. The summed E-state index contributed by atoms with van der Waals surface area (Å²) in [6.07, 6.45) is 3.46. The van der Waals surface area contributed by atoms with E-state index in [-0.39, 0.29) is 11.9 Å². The average molecular weight is 449 g/mol. The van der Waals surface area contributed by atoms with Crippen LogP contribution in [-0.2, 0) is 6.54 Å². The Morgan fingerprint density at radius 2 is 1.64 bits per heavy atom. The van der Waals surface area contributed by atoms with Crippen LogP contribution in [0.3, 0.4) is 0 Å². The zero-order valence-electron chi connectivity index (χ0n) is 19.0. The van der Waals surface area contributed by atoms with Gasteiger partial charge in [0.05, 0.1) is 5.56 Å². The van der Waals surface area contributed by atoms with Crippen LogP contribution in [0.4, 0.5) is 5.95 Å². The van der Waals surface area contributed by atoms with Crippen molar-refractivity contribution in [3.8, 4) is 11.1 Å². The largest absolute Gasteiger partial charge is 0.331 e. The smallest absolute Gasteiger partial charge is 0.282 e. The van der Waals surface area contributed by atoms with Gasteiger partial charge >= 0.3 is 0 Å². The molecular weight excluding hydrogens is 416 g/mol. The Morgan fingerprint density at radius 3 is 2.21 bits per heavy atom. The minimum atomic E-state index is -0.409. The van der Waals surface area contributed by atoms with Gasteiger partial charge in [-0.25, -0.2) is 0 Å². The number of nitrogens with one attached hydrogen (secondary N) is 2. The lowest BCUT2D eigenvalue weighted by Crippen LogP contribution is -2.28. The first-order valence-electron chi connectivity index (χ1n) is 11.2. The lowest BCUT2D eigenvalue weighted by atomic mass is 10.1. The van der Waals surface area contributed by atoms with Gasteiger partial charge in [0.1, 0.15) is 0 Å². The van der Waals surface area contributed by atoms with E-state index in [9.17, 15) is 9.59 Å². The number of carbonyl (C=O) groups is 1. The van der Waals surface area contributed by atoms with Crippen LogP contribution in [0.5, 0.6) is 0 Å². The Bertz CT molecular complexity index is 1090. The third-order valence-corrected chi connectivity index (χ3v) is 5.37. The van der Waals surface area contributed by atoms with E-state index in [1.54, 1.807) is 18.3 Å². The molecule has 8 nitrogen and oxygen atoms in total. The first kappa shape index (κ1) is 24.3. The van der Waals surface area contributed by atoms with E-state index >= 15 is 0 Å². The quantitative estimate of drug-likeness (QED) is 0.357. The SMILES string of the molecule is Cc1ccc(C(=O)Nc2nc(=O)c(-c3ccc(CN(CCCN)CCCN)cc3)c[nH]2)cc1. The van der Waals surface area contributed by atoms with Crippen molar-refractivity contribution in [1.82, 2.24) is 14.9 Å².